The molecule has 0 aliphatic heterocycles. The van der Waals surface area contributed by atoms with Crippen LogP contribution in [0.15, 0.2) is 84.1 Å². The largest absolute Gasteiger partial charge is 0.342 e. The number of carbonyl (C=O) groups excluding carboxylic acids is 1. The quantitative estimate of drug-likeness (QED) is 0.306. The summed E-state index contributed by atoms with van der Waals surface area (Å²) in [6, 6.07) is 23.3. The molecule has 1 amide bonds. The molecule has 0 radical (unpaired) electrons. The van der Waals surface area contributed by atoms with Crippen LogP contribution in [0.5, 0.6) is 0 Å². The van der Waals surface area contributed by atoms with E-state index in [1.807, 2.05) is 66.9 Å². The third-order valence-corrected chi connectivity index (χ3v) is 5.50. The van der Waals surface area contributed by atoms with Crippen molar-refractivity contribution in [1.82, 2.24) is 9.99 Å². The molecule has 0 fully saturated rings. The highest BCUT2D eigenvalue weighted by Crippen LogP contribution is 2.25. The molecule has 3 aromatic carbocycles. The van der Waals surface area contributed by atoms with Crippen molar-refractivity contribution in [2.45, 2.75) is 13.0 Å². The number of nitrogens with zero attached hydrogens (tertiary/aromatic N) is 2. The lowest BCUT2D eigenvalue weighted by molar-refractivity contribution is -0.120. The van der Waals surface area contributed by atoms with Crippen LogP contribution in [-0.2, 0) is 17.8 Å². The number of rotatable bonds is 6. The van der Waals surface area contributed by atoms with Crippen molar-refractivity contribution in [2.75, 3.05) is 0 Å². The maximum absolute atomic E-state index is 12.1. The zero-order valence-electron chi connectivity index (χ0n) is 16.1. The SMILES string of the molecule is O=C(Cc1ccccc1)N/N=C/c1cn(Cc2ccc(Cl)c(Cl)c2)c2ccccc12. The monoisotopic (exact) mass is 435 g/mol. The Kier molecular flexibility index (Phi) is 6.17. The van der Waals surface area contributed by atoms with Crippen molar-refractivity contribution in [1.29, 1.82) is 0 Å². The number of hydrogen-bond donors (Lipinski definition) is 1. The minimum Gasteiger partial charge on any atom is -0.342 e. The number of hydrogen-bond acceptors (Lipinski definition) is 2. The summed E-state index contributed by atoms with van der Waals surface area (Å²) in [6.45, 7) is 0.644. The topological polar surface area (TPSA) is 46.4 Å². The average Bonchev–Trinajstić information content (AvgIpc) is 3.09. The van der Waals surface area contributed by atoms with Crippen LogP contribution in [0, 0.1) is 0 Å². The Labute approximate surface area is 184 Å². The molecule has 4 rings (SSSR count). The summed E-state index contributed by atoms with van der Waals surface area (Å²) in [5.41, 5.74) is 6.59. The fourth-order valence-electron chi connectivity index (χ4n) is 3.34. The zero-order valence-corrected chi connectivity index (χ0v) is 17.6. The predicted octanol–water partition coefficient (Wildman–Crippen LogP) is 5.69. The van der Waals surface area contributed by atoms with E-state index >= 15 is 0 Å². The molecule has 1 heterocycles. The smallest absolute Gasteiger partial charge is 0.244 e. The lowest BCUT2D eigenvalue weighted by Crippen LogP contribution is -2.19. The summed E-state index contributed by atoms with van der Waals surface area (Å²) < 4.78 is 2.13. The van der Waals surface area contributed by atoms with Crippen LogP contribution in [-0.4, -0.2) is 16.7 Å². The van der Waals surface area contributed by atoms with Gasteiger partial charge in [0.1, 0.15) is 0 Å². The number of benzene rings is 3. The molecular formula is C24H19Cl2N3O. The molecule has 0 spiro atoms. The van der Waals surface area contributed by atoms with E-state index in [1.165, 1.54) is 0 Å². The van der Waals surface area contributed by atoms with Crippen LogP contribution in [0.1, 0.15) is 16.7 Å². The van der Waals surface area contributed by atoms with E-state index in [9.17, 15) is 4.79 Å². The van der Waals surface area contributed by atoms with Crippen LogP contribution in [0.2, 0.25) is 10.0 Å². The molecule has 0 aliphatic rings. The fourth-order valence-corrected chi connectivity index (χ4v) is 3.66. The predicted molar refractivity (Wildman–Crippen MR) is 123 cm³/mol. The van der Waals surface area contributed by atoms with Crippen molar-refractivity contribution in [3.63, 3.8) is 0 Å². The van der Waals surface area contributed by atoms with Gasteiger partial charge in [-0.05, 0) is 29.3 Å². The van der Waals surface area contributed by atoms with Crippen molar-refractivity contribution in [3.05, 3.63) is 106 Å². The number of para-hydroxylation sites is 1. The molecule has 30 heavy (non-hydrogen) atoms. The Morgan fingerprint density at radius 3 is 2.50 bits per heavy atom. The zero-order chi connectivity index (χ0) is 20.9. The highest BCUT2D eigenvalue weighted by molar-refractivity contribution is 6.42. The third kappa shape index (κ3) is 4.73. The molecule has 4 nitrogen and oxygen atoms in total. The van der Waals surface area contributed by atoms with E-state index in [1.54, 1.807) is 12.3 Å². The van der Waals surface area contributed by atoms with Gasteiger partial charge in [0.15, 0.2) is 0 Å². The Balaban J connectivity index is 1.52. The lowest BCUT2D eigenvalue weighted by Gasteiger charge is -2.06. The highest BCUT2D eigenvalue weighted by atomic mass is 35.5. The maximum Gasteiger partial charge on any atom is 0.244 e. The van der Waals surface area contributed by atoms with Crippen molar-refractivity contribution < 1.29 is 4.79 Å². The molecule has 1 N–H and O–H groups in total. The second kappa shape index (κ2) is 9.16. The number of aromatic nitrogens is 1. The molecule has 1 aromatic heterocycles. The Bertz CT molecular complexity index is 1220. The summed E-state index contributed by atoms with van der Waals surface area (Å²) >= 11 is 12.2. The van der Waals surface area contributed by atoms with Gasteiger partial charge in [-0.15, -0.1) is 0 Å². The molecule has 0 aliphatic carbocycles. The molecule has 0 atom stereocenters. The van der Waals surface area contributed by atoms with Gasteiger partial charge in [-0.25, -0.2) is 5.43 Å². The number of amides is 1. The number of carbonyl (C=O) groups is 1. The summed E-state index contributed by atoms with van der Waals surface area (Å²) in [6.07, 6.45) is 3.98. The summed E-state index contributed by atoms with van der Waals surface area (Å²) in [5.74, 6) is -0.156. The minimum atomic E-state index is -0.156. The van der Waals surface area contributed by atoms with Crippen molar-refractivity contribution in [3.8, 4) is 0 Å². The number of fused-ring (bicyclic) bond motifs is 1. The number of halogens is 2. The van der Waals surface area contributed by atoms with Gasteiger partial charge < -0.3 is 4.57 Å². The number of nitrogens with one attached hydrogen (secondary N) is 1. The molecule has 0 saturated carbocycles. The summed E-state index contributed by atoms with van der Waals surface area (Å²) in [7, 11) is 0. The van der Waals surface area contributed by atoms with E-state index in [2.05, 4.69) is 21.2 Å². The van der Waals surface area contributed by atoms with E-state index in [-0.39, 0.29) is 12.3 Å². The molecule has 4 aromatic rings. The summed E-state index contributed by atoms with van der Waals surface area (Å²) in [5, 5.41) is 6.29. The molecule has 6 heteroatoms. The van der Waals surface area contributed by atoms with Gasteiger partial charge >= 0.3 is 0 Å². The number of hydrazone groups is 1. The van der Waals surface area contributed by atoms with Gasteiger partial charge in [-0.2, -0.15) is 5.10 Å². The normalized spacial score (nSPS) is 11.3. The first-order valence-corrected chi connectivity index (χ1v) is 10.2. The molecule has 0 unspecified atom stereocenters. The Morgan fingerprint density at radius 2 is 1.70 bits per heavy atom. The fraction of sp³-hybridized carbons (Fsp3) is 0.0833. The first-order chi connectivity index (χ1) is 14.6. The van der Waals surface area contributed by atoms with Crippen LogP contribution in [0.4, 0.5) is 0 Å². The second-order valence-electron chi connectivity index (χ2n) is 6.93. The maximum atomic E-state index is 12.1. The van der Waals surface area contributed by atoms with Crippen LogP contribution in [0.25, 0.3) is 10.9 Å². The van der Waals surface area contributed by atoms with Crippen LogP contribution >= 0.6 is 23.2 Å². The Morgan fingerprint density at radius 1 is 0.933 bits per heavy atom. The van der Waals surface area contributed by atoms with Crippen LogP contribution in [0.3, 0.4) is 0 Å². The minimum absolute atomic E-state index is 0.156. The first kappa shape index (κ1) is 20.2. The summed E-state index contributed by atoms with van der Waals surface area (Å²) in [4.78, 5) is 12.1. The molecule has 0 bridgehead atoms. The van der Waals surface area contributed by atoms with Gasteiger partial charge in [0.05, 0.1) is 22.7 Å². The Hall–Kier alpha value is -3.08. The highest BCUT2D eigenvalue weighted by Gasteiger charge is 2.08. The van der Waals surface area contributed by atoms with Gasteiger partial charge in [0.2, 0.25) is 5.91 Å². The average molecular weight is 436 g/mol. The van der Waals surface area contributed by atoms with Gasteiger partial charge in [-0.3, -0.25) is 4.79 Å². The van der Waals surface area contributed by atoms with Crippen molar-refractivity contribution in [2.24, 2.45) is 5.10 Å². The molecular weight excluding hydrogens is 417 g/mol. The molecule has 0 saturated heterocycles. The van der Waals surface area contributed by atoms with Gasteiger partial charge in [0.25, 0.3) is 0 Å². The van der Waals surface area contributed by atoms with E-state index < -0.39 is 0 Å². The second-order valence-corrected chi connectivity index (χ2v) is 7.75. The van der Waals surface area contributed by atoms with E-state index in [4.69, 9.17) is 23.2 Å². The van der Waals surface area contributed by atoms with E-state index in [0.29, 0.717) is 16.6 Å². The first-order valence-electron chi connectivity index (χ1n) is 9.48. The van der Waals surface area contributed by atoms with E-state index in [0.717, 1.165) is 27.6 Å². The van der Waals surface area contributed by atoms with Gasteiger partial charge in [-0.1, -0.05) is 77.8 Å². The van der Waals surface area contributed by atoms with Crippen LogP contribution < -0.4 is 5.43 Å². The molecule has 150 valence electrons. The van der Waals surface area contributed by atoms with Crippen molar-refractivity contribution >= 4 is 46.2 Å². The van der Waals surface area contributed by atoms with Gasteiger partial charge in [0, 0.05) is 29.2 Å². The third-order valence-electron chi connectivity index (χ3n) is 4.76. The standard InChI is InChI=1S/C24H19Cl2N3O/c25-21-11-10-18(12-22(21)26)15-29-16-19(20-8-4-5-9-23(20)29)14-27-28-24(30)13-17-6-2-1-3-7-17/h1-12,14,16H,13,15H2,(H,28,30)/b27-14+. The lowest BCUT2D eigenvalue weighted by atomic mass is 10.1.